The number of nitrogens with one attached hydrogen (secondary N) is 1. The number of hydrogen-bond donors (Lipinski definition) is 3. The van der Waals surface area contributed by atoms with Crippen LogP contribution in [-0.2, 0) is 21.1 Å². The Morgan fingerprint density at radius 3 is 2.15 bits per heavy atom. The van der Waals surface area contributed by atoms with Crippen LogP contribution in [0.5, 0.6) is 11.5 Å². The number of benzene rings is 2. The first-order chi connectivity index (χ1) is 16.2. The van der Waals surface area contributed by atoms with Crippen LogP contribution < -0.4 is 5.32 Å². The number of aromatic hydroxyl groups is 2. The largest absolute Gasteiger partial charge is 0.504 e. The van der Waals surface area contributed by atoms with Gasteiger partial charge in [-0.2, -0.15) is 0 Å². The maximum Gasteiger partial charge on any atom is 0.230 e. The molecule has 3 N–H and O–H groups in total. The summed E-state index contributed by atoms with van der Waals surface area (Å²) in [6.45, 7) is 0. The van der Waals surface area contributed by atoms with Crippen molar-refractivity contribution in [3.8, 4) is 11.5 Å². The highest BCUT2D eigenvalue weighted by Gasteiger charge is 2.54. The molecule has 0 aromatic heterocycles. The molecule has 0 atom stereocenters. The molecule has 6 rings (SSSR count). The van der Waals surface area contributed by atoms with Crippen LogP contribution in [-0.4, -0.2) is 30.3 Å². The van der Waals surface area contributed by atoms with Crippen LogP contribution in [0.1, 0.15) is 49.7 Å². The molecule has 0 radical (unpaired) electrons. The van der Waals surface area contributed by atoms with Gasteiger partial charge in [-0.25, -0.2) is 8.42 Å². The number of anilines is 1. The molecule has 2 aromatic rings. The summed E-state index contributed by atoms with van der Waals surface area (Å²) in [7, 11) is -3.45. The average Bonchev–Trinajstić information content (AvgIpc) is 2.79. The molecule has 4 aliphatic rings. The van der Waals surface area contributed by atoms with E-state index in [0.29, 0.717) is 12.0 Å². The summed E-state index contributed by atoms with van der Waals surface area (Å²) in [6.07, 6.45) is 8.74. The second kappa shape index (κ2) is 8.77. The Balaban J connectivity index is 1.16. The summed E-state index contributed by atoms with van der Waals surface area (Å²) in [4.78, 5) is 13.2. The summed E-state index contributed by atoms with van der Waals surface area (Å²) < 4.78 is 24.8. The van der Waals surface area contributed by atoms with Crippen molar-refractivity contribution >= 4 is 27.5 Å². The molecule has 4 aliphatic carbocycles. The Morgan fingerprint density at radius 1 is 0.941 bits per heavy atom. The quantitative estimate of drug-likeness (QED) is 0.489. The van der Waals surface area contributed by atoms with Crippen LogP contribution in [0.2, 0.25) is 0 Å². The van der Waals surface area contributed by atoms with Gasteiger partial charge in [0.25, 0.3) is 0 Å². The van der Waals surface area contributed by atoms with E-state index in [1.807, 2.05) is 24.3 Å². The maximum atomic E-state index is 13.2. The molecule has 180 valence electrons. The van der Waals surface area contributed by atoms with Crippen LogP contribution in [0.15, 0.2) is 47.9 Å². The molecule has 1 amide bonds. The van der Waals surface area contributed by atoms with Gasteiger partial charge >= 0.3 is 0 Å². The fourth-order valence-electron chi connectivity index (χ4n) is 6.56. The number of aryl methyl sites for hydroxylation is 1. The van der Waals surface area contributed by atoms with Crippen LogP contribution >= 0.6 is 0 Å². The number of hydrogen-bond acceptors (Lipinski definition) is 5. The highest BCUT2D eigenvalue weighted by Crippen LogP contribution is 2.60. The fraction of sp³-hybridized carbons (Fsp3) is 0.444. The standard InChI is InChI=1S/C27H31NO5S/c29-24-6-3-19(14-25(24)30)8-10-34(32,33)9-7-18-1-4-23(5-2-18)28-26(31)27-15-20-11-21(16-27)13-22(12-20)17-27/h1-6,8,10,14,20-22,29-30H,7,9,11-13,15-17H2,(H,28,31)/b10-8+. The lowest BCUT2D eigenvalue weighted by molar-refractivity contribution is -0.140. The van der Waals surface area contributed by atoms with Crippen LogP contribution in [0, 0.1) is 23.2 Å². The fourth-order valence-corrected chi connectivity index (χ4v) is 7.58. The molecule has 34 heavy (non-hydrogen) atoms. The van der Waals surface area contributed by atoms with Gasteiger partial charge < -0.3 is 15.5 Å². The lowest BCUT2D eigenvalue weighted by Crippen LogP contribution is -2.51. The van der Waals surface area contributed by atoms with Gasteiger partial charge in [0.2, 0.25) is 5.91 Å². The van der Waals surface area contributed by atoms with Crippen LogP contribution in [0.3, 0.4) is 0 Å². The number of phenols is 2. The predicted octanol–water partition coefficient (Wildman–Crippen LogP) is 4.88. The van der Waals surface area contributed by atoms with Gasteiger partial charge in [0.1, 0.15) is 0 Å². The number of amides is 1. The zero-order valence-electron chi connectivity index (χ0n) is 19.1. The van der Waals surface area contributed by atoms with Gasteiger partial charge in [-0.05, 0) is 104 Å². The minimum absolute atomic E-state index is 0.0491. The zero-order valence-corrected chi connectivity index (χ0v) is 19.9. The molecular formula is C27H31NO5S. The summed E-state index contributed by atoms with van der Waals surface area (Å²) in [5.41, 5.74) is 1.94. The van der Waals surface area contributed by atoms with Crippen molar-refractivity contribution in [2.24, 2.45) is 23.2 Å². The van der Waals surface area contributed by atoms with E-state index in [1.54, 1.807) is 0 Å². The maximum absolute atomic E-state index is 13.2. The van der Waals surface area contributed by atoms with E-state index in [-0.39, 0.29) is 28.6 Å². The summed E-state index contributed by atoms with van der Waals surface area (Å²) in [5, 5.41) is 23.1. The minimum Gasteiger partial charge on any atom is -0.504 e. The molecular weight excluding hydrogens is 450 g/mol. The Hall–Kier alpha value is -2.80. The highest BCUT2D eigenvalue weighted by molar-refractivity contribution is 7.94. The average molecular weight is 482 g/mol. The third-order valence-corrected chi connectivity index (χ3v) is 9.20. The molecule has 0 spiro atoms. The molecule has 4 saturated carbocycles. The van der Waals surface area contributed by atoms with Crippen LogP contribution in [0.25, 0.3) is 6.08 Å². The van der Waals surface area contributed by atoms with Crippen molar-refractivity contribution in [1.82, 2.24) is 0 Å². The monoisotopic (exact) mass is 481 g/mol. The van der Waals surface area contributed by atoms with Crippen molar-refractivity contribution in [2.75, 3.05) is 11.1 Å². The lowest BCUT2D eigenvalue weighted by Gasteiger charge is -2.55. The van der Waals surface area contributed by atoms with Crippen molar-refractivity contribution in [3.05, 3.63) is 59.0 Å². The summed E-state index contributed by atoms with van der Waals surface area (Å²) in [6, 6.07) is 11.6. The van der Waals surface area contributed by atoms with Gasteiger partial charge in [-0.15, -0.1) is 0 Å². The van der Waals surface area contributed by atoms with Gasteiger partial charge in [-0.3, -0.25) is 4.79 Å². The van der Waals surface area contributed by atoms with Crippen molar-refractivity contribution < 1.29 is 23.4 Å². The Bertz CT molecular complexity index is 1180. The molecule has 0 heterocycles. The Kier molecular flexibility index (Phi) is 5.92. The normalized spacial score (nSPS) is 27.8. The second-order valence-corrected chi connectivity index (χ2v) is 12.5. The molecule has 4 bridgehead atoms. The predicted molar refractivity (Wildman–Crippen MR) is 132 cm³/mol. The van der Waals surface area contributed by atoms with Gasteiger partial charge in [-0.1, -0.05) is 18.2 Å². The first-order valence-corrected chi connectivity index (χ1v) is 13.7. The second-order valence-electron chi connectivity index (χ2n) is 10.5. The lowest BCUT2D eigenvalue weighted by atomic mass is 9.49. The summed E-state index contributed by atoms with van der Waals surface area (Å²) >= 11 is 0. The topological polar surface area (TPSA) is 104 Å². The van der Waals surface area contributed by atoms with Gasteiger partial charge in [0.05, 0.1) is 11.2 Å². The molecule has 2 aromatic carbocycles. The van der Waals surface area contributed by atoms with E-state index in [2.05, 4.69) is 5.32 Å². The van der Waals surface area contributed by atoms with E-state index < -0.39 is 9.84 Å². The number of carbonyl (C=O) groups is 1. The Labute approximate surface area is 200 Å². The number of phenolic OH excluding ortho intramolecular Hbond substituents is 2. The molecule has 0 unspecified atom stereocenters. The Morgan fingerprint density at radius 2 is 1.56 bits per heavy atom. The van der Waals surface area contributed by atoms with E-state index in [4.69, 9.17) is 0 Å². The summed E-state index contributed by atoms with van der Waals surface area (Å²) in [5.74, 6) is 1.71. The van der Waals surface area contributed by atoms with E-state index >= 15 is 0 Å². The number of rotatable bonds is 7. The highest BCUT2D eigenvalue weighted by atomic mass is 32.2. The number of sulfone groups is 1. The third-order valence-electron chi connectivity index (χ3n) is 7.87. The first kappa shape index (κ1) is 23.0. The molecule has 0 aliphatic heterocycles. The van der Waals surface area contributed by atoms with E-state index in [1.165, 1.54) is 43.5 Å². The van der Waals surface area contributed by atoms with Crippen LogP contribution in [0.4, 0.5) is 5.69 Å². The minimum atomic E-state index is -3.45. The SMILES string of the molecule is O=C(Nc1ccc(CCS(=O)(=O)/C=C/c2ccc(O)c(O)c2)cc1)C12CC3CC(CC(C3)C1)C2. The number of carbonyl (C=O) groups excluding carboxylic acids is 1. The zero-order chi connectivity index (χ0) is 23.9. The van der Waals surface area contributed by atoms with Crippen molar-refractivity contribution in [3.63, 3.8) is 0 Å². The van der Waals surface area contributed by atoms with E-state index in [0.717, 1.165) is 53.7 Å². The first-order valence-electron chi connectivity index (χ1n) is 12.0. The van der Waals surface area contributed by atoms with Crippen molar-refractivity contribution in [2.45, 2.75) is 44.9 Å². The molecule has 7 heteroatoms. The molecule has 0 saturated heterocycles. The van der Waals surface area contributed by atoms with E-state index in [9.17, 15) is 23.4 Å². The van der Waals surface area contributed by atoms with Gasteiger partial charge in [0.15, 0.2) is 21.3 Å². The molecule has 4 fully saturated rings. The third kappa shape index (κ3) is 4.85. The smallest absolute Gasteiger partial charge is 0.230 e. The molecule has 6 nitrogen and oxygen atoms in total. The van der Waals surface area contributed by atoms with Gasteiger partial charge in [0, 0.05) is 11.1 Å². The van der Waals surface area contributed by atoms with Crippen molar-refractivity contribution in [1.29, 1.82) is 0 Å².